The Balaban J connectivity index is 2.05. The Morgan fingerprint density at radius 1 is 1.43 bits per heavy atom. The van der Waals surface area contributed by atoms with E-state index in [-0.39, 0.29) is 17.9 Å². The fourth-order valence-electron chi connectivity index (χ4n) is 2.73. The van der Waals surface area contributed by atoms with Crippen molar-refractivity contribution in [2.45, 2.75) is 25.4 Å². The van der Waals surface area contributed by atoms with Crippen molar-refractivity contribution in [1.82, 2.24) is 4.31 Å². The van der Waals surface area contributed by atoms with E-state index in [2.05, 4.69) is 0 Å². The zero-order chi connectivity index (χ0) is 15.6. The number of rotatable bonds is 4. The van der Waals surface area contributed by atoms with Gasteiger partial charge in [0.05, 0.1) is 12.4 Å². The summed E-state index contributed by atoms with van der Waals surface area (Å²) in [4.78, 5) is 0. The van der Waals surface area contributed by atoms with Crippen molar-refractivity contribution in [3.05, 3.63) is 35.4 Å². The monoisotopic (exact) mass is 319 g/mol. The summed E-state index contributed by atoms with van der Waals surface area (Å²) in [6.07, 6.45) is 1.70. The maximum Gasteiger partial charge on any atom is 0.211 e. The van der Waals surface area contributed by atoms with Gasteiger partial charge in [-0.15, -0.1) is 0 Å². The number of hydrogen-bond donors (Lipinski definition) is 1. The Kier molecular flexibility index (Phi) is 4.95. The Hall–Kier alpha value is -1.05. The van der Waals surface area contributed by atoms with Gasteiger partial charge < -0.3 is 5.11 Å². The summed E-state index contributed by atoms with van der Waals surface area (Å²) in [6.45, 7) is 0.784. The van der Waals surface area contributed by atoms with Gasteiger partial charge >= 0.3 is 0 Å². The van der Waals surface area contributed by atoms with Crippen molar-refractivity contribution in [3.63, 3.8) is 0 Å². The molecule has 1 heterocycles. The van der Waals surface area contributed by atoms with Gasteiger partial charge in [0.25, 0.3) is 0 Å². The minimum atomic E-state index is -3.26. The quantitative estimate of drug-likeness (QED) is 0.924. The van der Waals surface area contributed by atoms with Crippen LogP contribution in [0.3, 0.4) is 0 Å². The van der Waals surface area contributed by atoms with Gasteiger partial charge in [-0.25, -0.2) is 21.5 Å². The number of aliphatic hydroxyl groups is 1. The highest BCUT2D eigenvalue weighted by Gasteiger charge is 2.28. The lowest BCUT2D eigenvalue weighted by Crippen LogP contribution is -2.39. The lowest BCUT2D eigenvalue weighted by molar-refractivity contribution is 0.119. The first-order valence-corrected chi connectivity index (χ1v) is 8.70. The maximum absolute atomic E-state index is 13.6. The average Bonchev–Trinajstić information content (AvgIpc) is 2.41. The Morgan fingerprint density at radius 2 is 2.14 bits per heavy atom. The standard InChI is InChI=1S/C14H19F2NO3S/c1-21(19,20)17-6-2-3-10(9-17)7-14(18)12-8-11(15)4-5-13(12)16/h4-5,8,10,14,18H,2-3,6-7,9H2,1H3. The van der Waals surface area contributed by atoms with Crippen molar-refractivity contribution in [1.29, 1.82) is 0 Å². The van der Waals surface area contributed by atoms with E-state index in [1.807, 2.05) is 0 Å². The predicted octanol–water partition coefficient (Wildman–Crippen LogP) is 2.06. The van der Waals surface area contributed by atoms with Crippen molar-refractivity contribution in [3.8, 4) is 0 Å². The molecule has 1 fully saturated rings. The van der Waals surface area contributed by atoms with Crippen LogP contribution < -0.4 is 0 Å². The van der Waals surface area contributed by atoms with E-state index in [0.29, 0.717) is 19.5 Å². The average molecular weight is 319 g/mol. The van der Waals surface area contributed by atoms with Crippen LogP contribution in [0.1, 0.15) is 30.9 Å². The van der Waals surface area contributed by atoms with E-state index < -0.39 is 27.8 Å². The number of sulfonamides is 1. The number of piperidine rings is 1. The minimum Gasteiger partial charge on any atom is -0.388 e. The van der Waals surface area contributed by atoms with Crippen LogP contribution in [-0.4, -0.2) is 37.2 Å². The molecule has 0 radical (unpaired) electrons. The van der Waals surface area contributed by atoms with Crippen LogP contribution in [0.25, 0.3) is 0 Å². The molecule has 4 nitrogen and oxygen atoms in total. The molecule has 1 aliphatic heterocycles. The SMILES string of the molecule is CS(=O)(=O)N1CCCC(CC(O)c2cc(F)ccc2F)C1. The molecule has 0 aliphatic carbocycles. The second kappa shape index (κ2) is 6.37. The molecule has 0 spiro atoms. The van der Waals surface area contributed by atoms with E-state index in [0.717, 1.165) is 30.9 Å². The first-order valence-electron chi connectivity index (χ1n) is 6.85. The van der Waals surface area contributed by atoms with Crippen LogP contribution >= 0.6 is 0 Å². The Morgan fingerprint density at radius 3 is 2.81 bits per heavy atom. The first kappa shape index (κ1) is 16.3. The molecule has 21 heavy (non-hydrogen) atoms. The van der Waals surface area contributed by atoms with Crippen LogP contribution in [0.2, 0.25) is 0 Å². The summed E-state index contributed by atoms with van der Waals surface area (Å²) < 4.78 is 51.2. The van der Waals surface area contributed by atoms with Gasteiger partial charge in [-0.2, -0.15) is 0 Å². The molecule has 1 N–H and O–H groups in total. The molecule has 1 aromatic rings. The topological polar surface area (TPSA) is 57.6 Å². The predicted molar refractivity (Wildman–Crippen MR) is 75.1 cm³/mol. The highest BCUT2D eigenvalue weighted by atomic mass is 32.2. The van der Waals surface area contributed by atoms with Crippen LogP contribution in [0.4, 0.5) is 8.78 Å². The second-order valence-electron chi connectivity index (χ2n) is 5.55. The van der Waals surface area contributed by atoms with Crippen LogP contribution in [0, 0.1) is 17.6 Å². The zero-order valence-electron chi connectivity index (χ0n) is 11.8. The molecule has 0 aromatic heterocycles. The lowest BCUT2D eigenvalue weighted by Gasteiger charge is -2.32. The molecule has 1 aliphatic rings. The summed E-state index contributed by atoms with van der Waals surface area (Å²) in [5.41, 5.74) is -0.0773. The smallest absolute Gasteiger partial charge is 0.211 e. The summed E-state index contributed by atoms with van der Waals surface area (Å²) >= 11 is 0. The van der Waals surface area contributed by atoms with Gasteiger partial charge in [0.2, 0.25) is 10.0 Å². The number of nitrogens with zero attached hydrogens (tertiary/aromatic N) is 1. The van der Waals surface area contributed by atoms with Gasteiger partial charge in [-0.3, -0.25) is 0 Å². The third-order valence-electron chi connectivity index (χ3n) is 3.82. The zero-order valence-corrected chi connectivity index (χ0v) is 12.6. The Labute approximate surface area is 123 Å². The van der Waals surface area contributed by atoms with E-state index in [1.165, 1.54) is 4.31 Å². The highest BCUT2D eigenvalue weighted by Crippen LogP contribution is 2.29. The molecule has 2 atom stereocenters. The van der Waals surface area contributed by atoms with E-state index in [4.69, 9.17) is 0 Å². The summed E-state index contributed by atoms with van der Waals surface area (Å²) in [6, 6.07) is 2.96. The number of aliphatic hydroxyl groups excluding tert-OH is 1. The van der Waals surface area contributed by atoms with Crippen LogP contribution in [0.5, 0.6) is 0 Å². The molecule has 2 rings (SSSR count). The number of halogens is 2. The minimum absolute atomic E-state index is 0.0638. The third-order valence-corrected chi connectivity index (χ3v) is 5.09. The van der Waals surface area contributed by atoms with E-state index >= 15 is 0 Å². The van der Waals surface area contributed by atoms with Gasteiger partial charge in [0.15, 0.2) is 0 Å². The fourth-order valence-corrected chi connectivity index (χ4v) is 3.68. The maximum atomic E-state index is 13.6. The van der Waals surface area contributed by atoms with Crippen LogP contribution in [0.15, 0.2) is 18.2 Å². The molecule has 1 aromatic carbocycles. The van der Waals surface area contributed by atoms with Gasteiger partial charge in [0, 0.05) is 18.7 Å². The number of hydrogen-bond acceptors (Lipinski definition) is 3. The van der Waals surface area contributed by atoms with Crippen molar-refractivity contribution in [2.24, 2.45) is 5.92 Å². The fraction of sp³-hybridized carbons (Fsp3) is 0.571. The molecule has 2 unspecified atom stereocenters. The summed E-state index contributed by atoms with van der Waals surface area (Å²) in [7, 11) is -3.26. The highest BCUT2D eigenvalue weighted by molar-refractivity contribution is 7.88. The summed E-state index contributed by atoms with van der Waals surface area (Å²) in [5, 5.41) is 10.1. The molecule has 1 saturated heterocycles. The van der Waals surface area contributed by atoms with E-state index in [9.17, 15) is 22.3 Å². The lowest BCUT2D eigenvalue weighted by atomic mass is 9.91. The van der Waals surface area contributed by atoms with Crippen molar-refractivity contribution in [2.75, 3.05) is 19.3 Å². The van der Waals surface area contributed by atoms with Gasteiger partial charge in [-0.1, -0.05) is 0 Å². The van der Waals surface area contributed by atoms with E-state index in [1.54, 1.807) is 0 Å². The number of benzene rings is 1. The van der Waals surface area contributed by atoms with Gasteiger partial charge in [0.1, 0.15) is 11.6 Å². The molecule has 0 bridgehead atoms. The Bertz CT molecular complexity index is 606. The molecule has 0 amide bonds. The largest absolute Gasteiger partial charge is 0.388 e. The first-order chi connectivity index (χ1) is 9.77. The molecule has 7 heteroatoms. The van der Waals surface area contributed by atoms with Crippen molar-refractivity contribution < 1.29 is 22.3 Å². The van der Waals surface area contributed by atoms with Crippen molar-refractivity contribution >= 4 is 10.0 Å². The molecular formula is C14H19F2NO3S. The normalized spacial score (nSPS) is 22.2. The van der Waals surface area contributed by atoms with Gasteiger partial charge in [-0.05, 0) is 43.4 Å². The molecular weight excluding hydrogens is 300 g/mol. The summed E-state index contributed by atoms with van der Waals surface area (Å²) in [5.74, 6) is -1.32. The van der Waals surface area contributed by atoms with Crippen LogP contribution in [-0.2, 0) is 10.0 Å². The second-order valence-corrected chi connectivity index (χ2v) is 7.53. The molecule has 118 valence electrons. The third kappa shape index (κ3) is 4.21. The molecule has 0 saturated carbocycles.